The number of nitrogens with zero attached hydrogens (tertiary/aromatic N) is 2. The predicted molar refractivity (Wildman–Crippen MR) is 81.9 cm³/mol. The molecule has 20 heavy (non-hydrogen) atoms. The number of ether oxygens (including phenoxy) is 1. The fraction of sp³-hybridized carbons (Fsp3) is 0.571. The molecule has 2 rings (SSSR count). The summed E-state index contributed by atoms with van der Waals surface area (Å²) in [5.41, 5.74) is 1.81. The first kappa shape index (κ1) is 15.1. The van der Waals surface area contributed by atoms with E-state index in [1.807, 2.05) is 38.1 Å². The second-order valence-electron chi connectivity index (χ2n) is 5.27. The lowest BCUT2D eigenvalue weighted by molar-refractivity contribution is 0.122. The number of sulfonamides is 1. The van der Waals surface area contributed by atoms with E-state index in [9.17, 15) is 8.42 Å². The molecule has 5 nitrogen and oxygen atoms in total. The molecule has 1 aromatic rings. The van der Waals surface area contributed by atoms with Gasteiger partial charge in [0, 0.05) is 24.8 Å². The number of rotatable bonds is 4. The molecule has 1 aliphatic heterocycles. The maximum Gasteiger partial charge on any atom is 0.232 e. The van der Waals surface area contributed by atoms with E-state index in [4.69, 9.17) is 4.74 Å². The number of morpholine rings is 1. The van der Waals surface area contributed by atoms with E-state index in [2.05, 4.69) is 4.90 Å². The predicted octanol–water partition coefficient (Wildman–Crippen LogP) is 1.70. The average Bonchev–Trinajstić information content (AvgIpc) is 2.38. The highest BCUT2D eigenvalue weighted by Crippen LogP contribution is 2.24. The highest BCUT2D eigenvalue weighted by Gasteiger charge is 2.21. The zero-order valence-electron chi connectivity index (χ0n) is 12.2. The average molecular weight is 298 g/mol. The van der Waals surface area contributed by atoms with Crippen molar-refractivity contribution in [1.82, 2.24) is 0 Å². The second-order valence-corrected chi connectivity index (χ2v) is 7.13. The third-order valence-electron chi connectivity index (χ3n) is 3.31. The van der Waals surface area contributed by atoms with Gasteiger partial charge in [0.2, 0.25) is 10.0 Å². The van der Waals surface area contributed by atoms with E-state index in [-0.39, 0.29) is 6.04 Å². The Kier molecular flexibility index (Phi) is 4.55. The van der Waals surface area contributed by atoms with Crippen molar-refractivity contribution in [2.45, 2.75) is 19.9 Å². The monoisotopic (exact) mass is 298 g/mol. The molecule has 112 valence electrons. The van der Waals surface area contributed by atoms with Crippen LogP contribution >= 0.6 is 0 Å². The molecular weight excluding hydrogens is 276 g/mol. The van der Waals surface area contributed by atoms with Gasteiger partial charge in [0.1, 0.15) is 0 Å². The highest BCUT2D eigenvalue weighted by atomic mass is 32.2. The van der Waals surface area contributed by atoms with Crippen molar-refractivity contribution in [3.8, 4) is 0 Å². The summed E-state index contributed by atoms with van der Waals surface area (Å²) in [6.07, 6.45) is 1.24. The molecule has 1 fully saturated rings. The molecule has 0 bridgehead atoms. The summed E-state index contributed by atoms with van der Waals surface area (Å²) in [5, 5.41) is 0. The fourth-order valence-electron chi connectivity index (χ4n) is 2.50. The molecule has 1 aromatic carbocycles. The van der Waals surface area contributed by atoms with Gasteiger partial charge in [-0.2, -0.15) is 0 Å². The first-order chi connectivity index (χ1) is 9.39. The Morgan fingerprint density at radius 3 is 2.15 bits per heavy atom. The van der Waals surface area contributed by atoms with E-state index < -0.39 is 10.0 Å². The van der Waals surface area contributed by atoms with Gasteiger partial charge in [0.25, 0.3) is 0 Å². The minimum atomic E-state index is -3.26. The van der Waals surface area contributed by atoms with E-state index in [0.717, 1.165) is 32.0 Å². The summed E-state index contributed by atoms with van der Waals surface area (Å²) in [6.45, 7) is 6.97. The number of benzene rings is 1. The molecule has 1 heterocycles. The third-order valence-corrected chi connectivity index (χ3v) is 4.65. The molecule has 0 atom stereocenters. The van der Waals surface area contributed by atoms with Gasteiger partial charge in [0.05, 0.1) is 25.2 Å². The molecule has 1 saturated heterocycles. The Labute approximate surface area is 121 Å². The van der Waals surface area contributed by atoms with Gasteiger partial charge < -0.3 is 9.64 Å². The van der Waals surface area contributed by atoms with Crippen molar-refractivity contribution in [2.24, 2.45) is 0 Å². The summed E-state index contributed by atoms with van der Waals surface area (Å²) in [7, 11) is -3.26. The Morgan fingerprint density at radius 2 is 1.70 bits per heavy atom. The van der Waals surface area contributed by atoms with E-state index in [1.54, 1.807) is 0 Å². The molecule has 0 radical (unpaired) electrons. The van der Waals surface area contributed by atoms with E-state index in [0.29, 0.717) is 5.69 Å². The van der Waals surface area contributed by atoms with Crippen LogP contribution in [0.25, 0.3) is 0 Å². The van der Waals surface area contributed by atoms with Crippen LogP contribution in [0.3, 0.4) is 0 Å². The number of hydrogen-bond acceptors (Lipinski definition) is 4. The Balaban J connectivity index is 2.22. The normalized spacial score (nSPS) is 16.5. The standard InChI is InChI=1S/C14H22N2O3S/c1-12(2)16(20(3,17)18)14-6-4-13(5-7-14)15-8-10-19-11-9-15/h4-7,12H,8-11H2,1-3H3. The summed E-state index contributed by atoms with van der Waals surface area (Å²) < 4.78 is 30.5. The van der Waals surface area contributed by atoms with E-state index in [1.165, 1.54) is 10.6 Å². The lowest BCUT2D eigenvalue weighted by Gasteiger charge is -2.30. The first-order valence-corrected chi connectivity index (χ1v) is 8.66. The molecule has 0 spiro atoms. The van der Waals surface area contributed by atoms with Gasteiger partial charge >= 0.3 is 0 Å². The minimum absolute atomic E-state index is 0.0979. The summed E-state index contributed by atoms with van der Waals surface area (Å²) in [5.74, 6) is 0. The molecule has 0 amide bonds. The Bertz CT molecular complexity index is 534. The van der Waals surface area contributed by atoms with Gasteiger partial charge in [0.15, 0.2) is 0 Å². The smallest absolute Gasteiger partial charge is 0.232 e. The van der Waals surface area contributed by atoms with Crippen LogP contribution in [0, 0.1) is 0 Å². The zero-order chi connectivity index (χ0) is 14.8. The van der Waals surface area contributed by atoms with Crippen LogP contribution < -0.4 is 9.21 Å². The van der Waals surface area contributed by atoms with Crippen molar-refractivity contribution in [2.75, 3.05) is 41.8 Å². The Morgan fingerprint density at radius 1 is 1.15 bits per heavy atom. The van der Waals surface area contributed by atoms with Crippen molar-refractivity contribution in [1.29, 1.82) is 0 Å². The van der Waals surface area contributed by atoms with Crippen LogP contribution in [0.2, 0.25) is 0 Å². The van der Waals surface area contributed by atoms with Gasteiger partial charge in [-0.25, -0.2) is 8.42 Å². The molecular formula is C14H22N2O3S. The van der Waals surface area contributed by atoms with Crippen LogP contribution in [-0.2, 0) is 14.8 Å². The van der Waals surface area contributed by atoms with Gasteiger partial charge in [-0.1, -0.05) is 0 Å². The van der Waals surface area contributed by atoms with Crippen molar-refractivity contribution in [3.05, 3.63) is 24.3 Å². The molecule has 1 aliphatic rings. The van der Waals surface area contributed by atoms with Gasteiger partial charge in [-0.3, -0.25) is 4.31 Å². The maximum absolute atomic E-state index is 11.9. The minimum Gasteiger partial charge on any atom is -0.378 e. The second kappa shape index (κ2) is 6.01. The Hall–Kier alpha value is -1.27. The zero-order valence-corrected chi connectivity index (χ0v) is 13.1. The largest absolute Gasteiger partial charge is 0.378 e. The SMILES string of the molecule is CC(C)N(c1ccc(N2CCOCC2)cc1)S(C)(=O)=O. The highest BCUT2D eigenvalue weighted by molar-refractivity contribution is 7.92. The van der Waals surface area contributed by atoms with Gasteiger partial charge in [-0.05, 0) is 38.1 Å². The lowest BCUT2D eigenvalue weighted by atomic mass is 10.2. The number of anilines is 2. The molecule has 0 unspecified atom stereocenters. The molecule has 0 aliphatic carbocycles. The van der Waals surface area contributed by atoms with Crippen molar-refractivity contribution < 1.29 is 13.2 Å². The van der Waals surface area contributed by atoms with Crippen LogP contribution in [0.5, 0.6) is 0 Å². The van der Waals surface area contributed by atoms with Crippen LogP contribution in [0.1, 0.15) is 13.8 Å². The topological polar surface area (TPSA) is 49.9 Å². The molecule has 0 saturated carbocycles. The molecule has 6 heteroatoms. The van der Waals surface area contributed by atoms with Crippen LogP contribution in [0.4, 0.5) is 11.4 Å². The van der Waals surface area contributed by atoms with Crippen molar-refractivity contribution >= 4 is 21.4 Å². The summed E-state index contributed by atoms with van der Waals surface area (Å²) in [6, 6.07) is 7.58. The third kappa shape index (κ3) is 3.43. The van der Waals surface area contributed by atoms with Crippen LogP contribution in [-0.4, -0.2) is 47.0 Å². The summed E-state index contributed by atoms with van der Waals surface area (Å²) >= 11 is 0. The molecule has 0 N–H and O–H groups in total. The lowest BCUT2D eigenvalue weighted by Crippen LogP contribution is -2.37. The van der Waals surface area contributed by atoms with Crippen LogP contribution in [0.15, 0.2) is 24.3 Å². The van der Waals surface area contributed by atoms with Crippen molar-refractivity contribution in [3.63, 3.8) is 0 Å². The first-order valence-electron chi connectivity index (χ1n) is 6.82. The number of hydrogen-bond donors (Lipinski definition) is 0. The summed E-state index contributed by atoms with van der Waals surface area (Å²) in [4.78, 5) is 2.24. The maximum atomic E-state index is 11.9. The van der Waals surface area contributed by atoms with Gasteiger partial charge in [-0.15, -0.1) is 0 Å². The fourth-order valence-corrected chi connectivity index (χ4v) is 3.78. The quantitative estimate of drug-likeness (QED) is 0.849. The van der Waals surface area contributed by atoms with E-state index >= 15 is 0 Å². The molecule has 0 aromatic heterocycles.